The summed E-state index contributed by atoms with van der Waals surface area (Å²) in [5, 5.41) is 16.7. The summed E-state index contributed by atoms with van der Waals surface area (Å²) in [7, 11) is 3.96. The van der Waals surface area contributed by atoms with Crippen LogP contribution >= 0.6 is 0 Å². The van der Waals surface area contributed by atoms with Crippen molar-refractivity contribution >= 4 is 22.1 Å². The fourth-order valence-corrected chi connectivity index (χ4v) is 5.18. The molecule has 4 rings (SSSR count). The van der Waals surface area contributed by atoms with Crippen LogP contribution in [-0.2, 0) is 27.2 Å². The third-order valence-electron chi connectivity index (χ3n) is 7.23. The molecule has 6 nitrogen and oxygen atoms in total. The first-order chi connectivity index (χ1) is 16.6. The van der Waals surface area contributed by atoms with E-state index in [2.05, 4.69) is 45.5 Å². The lowest BCUT2D eigenvalue weighted by Gasteiger charge is -2.06. The average Bonchev–Trinajstić information content (AvgIpc) is 3.25. The molecule has 0 amide bonds. The van der Waals surface area contributed by atoms with Crippen LogP contribution in [0.4, 0.5) is 0 Å². The Labute approximate surface area is 202 Å². The zero-order chi connectivity index (χ0) is 23.9. The van der Waals surface area contributed by atoms with Gasteiger partial charge in [0.05, 0.1) is 22.1 Å². The second-order valence-electron chi connectivity index (χ2n) is 9.58. The summed E-state index contributed by atoms with van der Waals surface area (Å²) in [6, 6.07) is 16.7. The van der Waals surface area contributed by atoms with Crippen molar-refractivity contribution in [1.29, 1.82) is 10.8 Å². The zero-order valence-electron chi connectivity index (χ0n) is 20.9. The Morgan fingerprint density at radius 1 is 0.471 bits per heavy atom. The zero-order valence-corrected chi connectivity index (χ0v) is 20.9. The second kappa shape index (κ2) is 11.4. The van der Waals surface area contributed by atoms with Crippen molar-refractivity contribution in [3.8, 4) is 0 Å². The van der Waals surface area contributed by atoms with E-state index < -0.39 is 0 Å². The summed E-state index contributed by atoms with van der Waals surface area (Å²) >= 11 is 0. The van der Waals surface area contributed by atoms with Crippen LogP contribution in [0.25, 0.3) is 22.1 Å². The summed E-state index contributed by atoms with van der Waals surface area (Å²) in [4.78, 5) is 0. The van der Waals surface area contributed by atoms with Gasteiger partial charge in [-0.1, -0.05) is 75.6 Å². The lowest BCUT2D eigenvalue weighted by Crippen LogP contribution is -2.22. The second-order valence-corrected chi connectivity index (χ2v) is 9.58. The first-order valence-electron chi connectivity index (χ1n) is 13.0. The molecule has 0 unspecified atom stereocenters. The summed E-state index contributed by atoms with van der Waals surface area (Å²) < 4.78 is 8.24. The standard InChI is InChI=1S/C28H40N6/c1-31-23-17-11-13-19-25(23)33(27(31)29)21-15-9-7-5-3-4-6-8-10-16-22-34-26-20-14-12-18-24(26)32(2)28(34)30/h11-14,17-20,29-30H,3-10,15-16,21-22H2,1-2H3. The first-order valence-corrected chi connectivity index (χ1v) is 13.0. The van der Waals surface area contributed by atoms with Crippen molar-refractivity contribution in [3.05, 3.63) is 59.8 Å². The highest BCUT2D eigenvalue weighted by Gasteiger charge is 2.08. The molecule has 2 aromatic heterocycles. The van der Waals surface area contributed by atoms with Crippen LogP contribution in [-0.4, -0.2) is 18.3 Å². The van der Waals surface area contributed by atoms with Crippen LogP contribution in [0.1, 0.15) is 64.2 Å². The topological polar surface area (TPSA) is 67.4 Å². The molecule has 182 valence electrons. The van der Waals surface area contributed by atoms with Crippen LogP contribution in [0, 0.1) is 10.8 Å². The summed E-state index contributed by atoms with van der Waals surface area (Å²) in [6.45, 7) is 1.88. The van der Waals surface area contributed by atoms with Crippen LogP contribution < -0.4 is 11.2 Å². The summed E-state index contributed by atoms with van der Waals surface area (Å²) in [5.41, 5.74) is 5.82. The molecule has 4 aromatic rings. The van der Waals surface area contributed by atoms with E-state index in [0.717, 1.165) is 37.0 Å². The summed E-state index contributed by atoms with van der Waals surface area (Å²) in [5.74, 6) is 0. The molecular formula is C28H40N6. The van der Waals surface area contributed by atoms with Crippen LogP contribution in [0.2, 0.25) is 0 Å². The number of nitrogens with zero attached hydrogens (tertiary/aromatic N) is 4. The third-order valence-corrected chi connectivity index (χ3v) is 7.23. The van der Waals surface area contributed by atoms with Gasteiger partial charge in [-0.25, -0.2) is 0 Å². The Morgan fingerprint density at radius 3 is 1.12 bits per heavy atom. The predicted molar refractivity (Wildman–Crippen MR) is 140 cm³/mol. The van der Waals surface area contributed by atoms with Gasteiger partial charge in [0.2, 0.25) is 11.2 Å². The number of fused-ring (bicyclic) bond motifs is 2. The maximum absolute atomic E-state index is 8.37. The minimum absolute atomic E-state index is 0.596. The van der Waals surface area contributed by atoms with Gasteiger partial charge in [0, 0.05) is 27.2 Å². The van der Waals surface area contributed by atoms with Gasteiger partial charge in [-0.15, -0.1) is 0 Å². The monoisotopic (exact) mass is 460 g/mol. The first kappa shape index (κ1) is 24.1. The van der Waals surface area contributed by atoms with Gasteiger partial charge in [-0.3, -0.25) is 10.8 Å². The molecule has 0 atom stereocenters. The predicted octanol–water partition coefficient (Wildman–Crippen LogP) is 5.83. The maximum Gasteiger partial charge on any atom is 0.202 e. The number of nitrogens with one attached hydrogen (secondary N) is 2. The van der Waals surface area contributed by atoms with E-state index >= 15 is 0 Å². The Balaban J connectivity index is 1.06. The molecular weight excluding hydrogens is 420 g/mol. The van der Waals surface area contributed by atoms with Crippen LogP contribution in [0.3, 0.4) is 0 Å². The highest BCUT2D eigenvalue weighted by atomic mass is 15.2. The Morgan fingerprint density at radius 2 is 0.765 bits per heavy atom. The van der Waals surface area contributed by atoms with Crippen LogP contribution in [0.15, 0.2) is 48.5 Å². The molecule has 0 fully saturated rings. The van der Waals surface area contributed by atoms with Crippen molar-refractivity contribution in [3.63, 3.8) is 0 Å². The van der Waals surface area contributed by atoms with Gasteiger partial charge in [0.1, 0.15) is 0 Å². The molecule has 0 aliphatic carbocycles. The van der Waals surface area contributed by atoms with E-state index in [0.29, 0.717) is 11.2 Å². The summed E-state index contributed by atoms with van der Waals surface area (Å²) in [6.07, 6.45) is 12.7. The van der Waals surface area contributed by atoms with Crippen molar-refractivity contribution in [1.82, 2.24) is 18.3 Å². The number of aromatic nitrogens is 4. The molecule has 0 spiro atoms. The normalized spacial score (nSPS) is 11.7. The number of imidazole rings is 2. The molecule has 34 heavy (non-hydrogen) atoms. The lowest BCUT2D eigenvalue weighted by atomic mass is 10.1. The fraction of sp³-hybridized carbons (Fsp3) is 0.500. The fourth-order valence-electron chi connectivity index (χ4n) is 5.18. The van der Waals surface area contributed by atoms with Crippen LogP contribution in [0.5, 0.6) is 0 Å². The number of unbranched alkanes of at least 4 members (excludes halogenated alkanes) is 9. The van der Waals surface area contributed by atoms with Gasteiger partial charge in [-0.2, -0.15) is 0 Å². The molecule has 2 aromatic carbocycles. The molecule has 6 heteroatoms. The highest BCUT2D eigenvalue weighted by molar-refractivity contribution is 5.76. The molecule has 0 saturated heterocycles. The van der Waals surface area contributed by atoms with E-state index in [4.69, 9.17) is 10.8 Å². The molecule has 0 aliphatic rings. The molecule has 0 aliphatic heterocycles. The quantitative estimate of drug-likeness (QED) is 0.236. The van der Waals surface area contributed by atoms with Gasteiger partial charge in [0.15, 0.2) is 0 Å². The molecule has 0 saturated carbocycles. The third kappa shape index (κ3) is 5.21. The number of benzene rings is 2. The molecule has 2 N–H and O–H groups in total. The minimum Gasteiger partial charge on any atom is -0.313 e. The van der Waals surface area contributed by atoms with Crippen molar-refractivity contribution < 1.29 is 0 Å². The van der Waals surface area contributed by atoms with Crippen molar-refractivity contribution in [2.45, 2.75) is 77.3 Å². The SMILES string of the molecule is Cn1c(=N)n(CCCCCCCCCCCCn2c(=N)n(C)c3ccccc32)c2ccccc21. The van der Waals surface area contributed by atoms with Gasteiger partial charge < -0.3 is 18.3 Å². The Bertz CT molecular complexity index is 1230. The Hall–Kier alpha value is -3.02. The van der Waals surface area contributed by atoms with Gasteiger partial charge in [0.25, 0.3) is 0 Å². The van der Waals surface area contributed by atoms with E-state index in [1.807, 2.05) is 35.4 Å². The molecule has 0 bridgehead atoms. The van der Waals surface area contributed by atoms with Crippen molar-refractivity contribution in [2.24, 2.45) is 14.1 Å². The Kier molecular flexibility index (Phi) is 8.09. The smallest absolute Gasteiger partial charge is 0.202 e. The van der Waals surface area contributed by atoms with Gasteiger partial charge >= 0.3 is 0 Å². The number of rotatable bonds is 13. The largest absolute Gasteiger partial charge is 0.313 e. The van der Waals surface area contributed by atoms with E-state index in [1.54, 1.807) is 0 Å². The van der Waals surface area contributed by atoms with Gasteiger partial charge in [-0.05, 0) is 37.1 Å². The number of hydrogen-bond donors (Lipinski definition) is 2. The average molecular weight is 461 g/mol. The molecule has 2 heterocycles. The highest BCUT2D eigenvalue weighted by Crippen LogP contribution is 2.15. The number of para-hydroxylation sites is 4. The van der Waals surface area contributed by atoms with E-state index in [9.17, 15) is 0 Å². The maximum atomic E-state index is 8.37. The lowest BCUT2D eigenvalue weighted by molar-refractivity contribution is 0.515. The number of aryl methyl sites for hydroxylation is 4. The molecule has 0 radical (unpaired) electrons. The van der Waals surface area contributed by atoms with Crippen molar-refractivity contribution in [2.75, 3.05) is 0 Å². The minimum atomic E-state index is 0.596. The number of hydrogen-bond acceptors (Lipinski definition) is 2. The van der Waals surface area contributed by atoms with E-state index in [-0.39, 0.29) is 0 Å². The van der Waals surface area contributed by atoms with E-state index in [1.165, 1.54) is 62.4 Å².